The van der Waals surface area contributed by atoms with Crippen molar-refractivity contribution < 1.29 is 14.6 Å². The molecule has 3 atom stereocenters. The van der Waals surface area contributed by atoms with Crippen LogP contribution in [0.1, 0.15) is 43.2 Å². The molecule has 1 aromatic rings. The molecule has 0 bridgehead atoms. The number of aromatic nitrogens is 1. The number of morpholine rings is 1. The van der Waals surface area contributed by atoms with Crippen LogP contribution in [0.3, 0.4) is 0 Å². The van der Waals surface area contributed by atoms with Gasteiger partial charge in [0.25, 0.3) is 0 Å². The van der Waals surface area contributed by atoms with E-state index in [0.717, 1.165) is 41.6 Å². The zero-order valence-corrected chi connectivity index (χ0v) is 12.7. The third-order valence-electron chi connectivity index (χ3n) is 3.93. The highest BCUT2D eigenvalue weighted by atomic mass is 32.1. The Morgan fingerprint density at radius 2 is 2.10 bits per heavy atom. The molecule has 0 aromatic carbocycles. The van der Waals surface area contributed by atoms with Crippen LogP contribution in [0, 0.1) is 0 Å². The first-order chi connectivity index (χ1) is 9.54. The second-order valence-electron chi connectivity index (χ2n) is 5.75. The van der Waals surface area contributed by atoms with Gasteiger partial charge in [0.2, 0.25) is 0 Å². The summed E-state index contributed by atoms with van der Waals surface area (Å²) >= 11 is 1.66. The fourth-order valence-electron chi connectivity index (χ4n) is 3.12. The van der Waals surface area contributed by atoms with Crippen molar-refractivity contribution in [1.29, 1.82) is 0 Å². The van der Waals surface area contributed by atoms with E-state index in [4.69, 9.17) is 4.74 Å². The van der Waals surface area contributed by atoms with E-state index >= 15 is 0 Å². The number of carboxylic acid groups (broad SMARTS) is 1. The standard InChI is InChI=1S/C14H20N2O3S/c1-8-6-16(7-9(2)19-8)14-15-12-10(13(17)18)4-3-5-11(12)20-14/h8-10H,3-7H2,1-2H3,(H,17,18). The van der Waals surface area contributed by atoms with Gasteiger partial charge >= 0.3 is 5.97 Å². The van der Waals surface area contributed by atoms with E-state index in [0.29, 0.717) is 6.42 Å². The van der Waals surface area contributed by atoms with Gasteiger partial charge in [0.15, 0.2) is 5.13 Å². The van der Waals surface area contributed by atoms with Crippen LogP contribution in [0.25, 0.3) is 0 Å². The predicted molar refractivity (Wildman–Crippen MR) is 77.7 cm³/mol. The third kappa shape index (κ3) is 2.54. The van der Waals surface area contributed by atoms with Crippen molar-refractivity contribution in [3.63, 3.8) is 0 Å². The number of ether oxygens (including phenoxy) is 1. The third-order valence-corrected chi connectivity index (χ3v) is 5.12. The summed E-state index contributed by atoms with van der Waals surface area (Å²) in [7, 11) is 0. The van der Waals surface area contributed by atoms with E-state index in [1.807, 2.05) is 0 Å². The van der Waals surface area contributed by atoms with Crippen LogP contribution in [0.5, 0.6) is 0 Å². The Hall–Kier alpha value is -1.14. The number of carbonyl (C=O) groups is 1. The number of thiazole rings is 1. The molecule has 110 valence electrons. The number of aliphatic carboxylic acids is 1. The quantitative estimate of drug-likeness (QED) is 0.907. The molecule has 1 fully saturated rings. The average molecular weight is 296 g/mol. The van der Waals surface area contributed by atoms with E-state index in [1.165, 1.54) is 0 Å². The molecule has 6 heteroatoms. The molecule has 1 aromatic heterocycles. The van der Waals surface area contributed by atoms with Gasteiger partial charge in [0.1, 0.15) is 5.92 Å². The number of carboxylic acids is 1. The van der Waals surface area contributed by atoms with Gasteiger partial charge in [-0.2, -0.15) is 0 Å². The smallest absolute Gasteiger partial charge is 0.312 e. The molecule has 0 radical (unpaired) electrons. The number of hydrogen-bond donors (Lipinski definition) is 1. The summed E-state index contributed by atoms with van der Waals surface area (Å²) in [5.74, 6) is -1.16. The summed E-state index contributed by atoms with van der Waals surface area (Å²) in [6.07, 6.45) is 3.00. The lowest BCUT2D eigenvalue weighted by Gasteiger charge is -2.35. The number of nitrogens with zero attached hydrogens (tertiary/aromatic N) is 2. The summed E-state index contributed by atoms with van der Waals surface area (Å²) in [5, 5.41) is 10.3. The van der Waals surface area contributed by atoms with Crippen LogP contribution in [-0.4, -0.2) is 41.4 Å². The highest BCUT2D eigenvalue weighted by molar-refractivity contribution is 7.15. The summed E-state index contributed by atoms with van der Waals surface area (Å²) in [4.78, 5) is 19.4. The Bertz CT molecular complexity index is 507. The zero-order chi connectivity index (χ0) is 14.3. The van der Waals surface area contributed by atoms with Crippen LogP contribution < -0.4 is 4.90 Å². The first kappa shape index (κ1) is 13.8. The van der Waals surface area contributed by atoms with Gasteiger partial charge in [-0.1, -0.05) is 0 Å². The Balaban J connectivity index is 1.87. The number of anilines is 1. The van der Waals surface area contributed by atoms with E-state index < -0.39 is 11.9 Å². The minimum Gasteiger partial charge on any atom is -0.481 e. The van der Waals surface area contributed by atoms with E-state index in [-0.39, 0.29) is 12.2 Å². The first-order valence-corrected chi connectivity index (χ1v) is 7.99. The number of fused-ring (bicyclic) bond motifs is 1. The van der Waals surface area contributed by atoms with Gasteiger partial charge in [-0.05, 0) is 33.1 Å². The molecule has 0 saturated carbocycles. The van der Waals surface area contributed by atoms with Crippen LogP contribution in [-0.2, 0) is 16.0 Å². The number of rotatable bonds is 2. The van der Waals surface area contributed by atoms with Gasteiger partial charge < -0.3 is 14.7 Å². The molecule has 1 saturated heterocycles. The van der Waals surface area contributed by atoms with Crippen molar-refractivity contribution in [2.24, 2.45) is 0 Å². The molecule has 1 aliphatic carbocycles. The topological polar surface area (TPSA) is 62.7 Å². The highest BCUT2D eigenvalue weighted by Crippen LogP contribution is 2.38. The molecule has 3 rings (SSSR count). The van der Waals surface area contributed by atoms with Gasteiger partial charge in [-0.3, -0.25) is 4.79 Å². The van der Waals surface area contributed by atoms with Gasteiger partial charge in [-0.25, -0.2) is 4.98 Å². The fraction of sp³-hybridized carbons (Fsp3) is 0.714. The van der Waals surface area contributed by atoms with Crippen molar-refractivity contribution in [3.8, 4) is 0 Å². The van der Waals surface area contributed by atoms with Crippen LogP contribution in [0.15, 0.2) is 0 Å². The lowest BCUT2D eigenvalue weighted by molar-refractivity contribution is -0.139. The lowest BCUT2D eigenvalue weighted by Crippen LogP contribution is -2.45. The average Bonchev–Trinajstić information content (AvgIpc) is 2.80. The Morgan fingerprint density at radius 1 is 1.40 bits per heavy atom. The van der Waals surface area contributed by atoms with Crippen LogP contribution in [0.2, 0.25) is 0 Å². The number of hydrogen-bond acceptors (Lipinski definition) is 5. The summed E-state index contributed by atoms with van der Waals surface area (Å²) in [6, 6.07) is 0. The molecule has 3 unspecified atom stereocenters. The Labute approximate surface area is 122 Å². The van der Waals surface area contributed by atoms with Crippen LogP contribution in [0.4, 0.5) is 5.13 Å². The van der Waals surface area contributed by atoms with E-state index in [2.05, 4.69) is 23.7 Å². The van der Waals surface area contributed by atoms with Crippen molar-refractivity contribution in [2.45, 2.75) is 51.2 Å². The lowest BCUT2D eigenvalue weighted by atomic mass is 9.91. The second-order valence-corrected chi connectivity index (χ2v) is 6.81. The van der Waals surface area contributed by atoms with Crippen molar-refractivity contribution in [3.05, 3.63) is 10.6 Å². The zero-order valence-electron chi connectivity index (χ0n) is 11.8. The van der Waals surface area contributed by atoms with Crippen molar-refractivity contribution in [2.75, 3.05) is 18.0 Å². The summed E-state index contributed by atoms with van der Waals surface area (Å²) in [5.41, 5.74) is 0.801. The molecule has 20 heavy (non-hydrogen) atoms. The maximum absolute atomic E-state index is 11.3. The highest BCUT2D eigenvalue weighted by Gasteiger charge is 2.32. The Morgan fingerprint density at radius 3 is 2.75 bits per heavy atom. The number of aryl methyl sites for hydroxylation is 1. The molecule has 0 amide bonds. The minimum atomic E-state index is -0.744. The Kier molecular flexibility index (Phi) is 3.69. The molecule has 2 aliphatic rings. The normalized spacial score (nSPS) is 30.1. The summed E-state index contributed by atoms with van der Waals surface area (Å²) < 4.78 is 5.74. The maximum Gasteiger partial charge on any atom is 0.312 e. The minimum absolute atomic E-state index is 0.190. The molecule has 1 aliphatic heterocycles. The van der Waals surface area contributed by atoms with Gasteiger partial charge in [0.05, 0.1) is 17.9 Å². The fourth-order valence-corrected chi connectivity index (χ4v) is 4.30. The predicted octanol–water partition coefficient (Wildman–Crippen LogP) is 2.26. The van der Waals surface area contributed by atoms with E-state index in [1.54, 1.807) is 11.3 Å². The molecule has 2 heterocycles. The molecule has 5 nitrogen and oxygen atoms in total. The largest absolute Gasteiger partial charge is 0.481 e. The molecule has 0 spiro atoms. The molecular weight excluding hydrogens is 276 g/mol. The second kappa shape index (κ2) is 5.33. The van der Waals surface area contributed by atoms with Gasteiger partial charge in [-0.15, -0.1) is 11.3 Å². The maximum atomic E-state index is 11.3. The van der Waals surface area contributed by atoms with Crippen LogP contribution >= 0.6 is 11.3 Å². The van der Waals surface area contributed by atoms with Crippen molar-refractivity contribution >= 4 is 22.4 Å². The van der Waals surface area contributed by atoms with E-state index in [9.17, 15) is 9.90 Å². The molecular formula is C14H20N2O3S. The van der Waals surface area contributed by atoms with Crippen molar-refractivity contribution in [1.82, 2.24) is 4.98 Å². The monoisotopic (exact) mass is 296 g/mol. The SMILES string of the molecule is CC1CN(c2nc3c(s2)CCCC3C(=O)O)CC(C)O1. The van der Waals surface area contributed by atoms with Gasteiger partial charge in [0, 0.05) is 18.0 Å². The first-order valence-electron chi connectivity index (χ1n) is 7.17. The molecule has 1 N–H and O–H groups in total. The summed E-state index contributed by atoms with van der Waals surface area (Å²) in [6.45, 7) is 5.79.